The maximum atomic E-state index is 10.8. The maximum Gasteiger partial charge on any atom is 0.337 e. The Morgan fingerprint density at radius 1 is 1.33 bits per heavy atom. The van der Waals surface area contributed by atoms with Crippen LogP contribution in [0.2, 0.25) is 0 Å². The third-order valence-electron chi connectivity index (χ3n) is 1.67. The number of methoxy groups -OCH3 is 1. The van der Waals surface area contributed by atoms with E-state index in [2.05, 4.69) is 9.47 Å². The van der Waals surface area contributed by atoms with Crippen molar-refractivity contribution in [3.05, 3.63) is 0 Å². The molecule has 0 aromatic carbocycles. The van der Waals surface area contributed by atoms with E-state index in [-0.39, 0.29) is 0 Å². The number of rotatable bonds is 1. The highest BCUT2D eigenvalue weighted by Gasteiger charge is 2.46. The van der Waals surface area contributed by atoms with Gasteiger partial charge in [0, 0.05) is 0 Å². The number of esters is 1. The Hall–Kier alpha value is -0.690. The van der Waals surface area contributed by atoms with Crippen LogP contribution in [-0.2, 0) is 14.3 Å². The molecule has 6 heteroatoms. The van der Waals surface area contributed by atoms with Crippen molar-refractivity contribution in [2.75, 3.05) is 7.11 Å². The van der Waals surface area contributed by atoms with Crippen LogP contribution in [0.1, 0.15) is 0 Å². The Balaban J connectivity index is 2.64. The van der Waals surface area contributed by atoms with Crippen molar-refractivity contribution in [1.29, 1.82) is 0 Å². The highest BCUT2D eigenvalue weighted by atomic mass is 16.7. The summed E-state index contributed by atoms with van der Waals surface area (Å²) in [6.07, 6.45) is -5.74. The fraction of sp³-hybridized carbons (Fsp3) is 0.833. The summed E-state index contributed by atoms with van der Waals surface area (Å²) in [7, 11) is 1.12. The molecule has 70 valence electrons. The van der Waals surface area contributed by atoms with Gasteiger partial charge < -0.3 is 24.8 Å². The molecule has 1 aliphatic heterocycles. The molecule has 3 N–H and O–H groups in total. The third kappa shape index (κ3) is 1.42. The number of carbonyl (C=O) groups excluding carboxylic acids is 1. The van der Waals surface area contributed by atoms with Gasteiger partial charge in [0.25, 0.3) is 0 Å². The molecule has 0 saturated carbocycles. The molecule has 0 bridgehead atoms. The van der Waals surface area contributed by atoms with Gasteiger partial charge in [-0.05, 0) is 0 Å². The Morgan fingerprint density at radius 3 is 2.25 bits per heavy atom. The fourth-order valence-corrected chi connectivity index (χ4v) is 0.970. The second kappa shape index (κ2) is 3.36. The van der Waals surface area contributed by atoms with Crippen LogP contribution in [0.4, 0.5) is 0 Å². The lowest BCUT2D eigenvalue weighted by atomic mass is 10.1. The Kier molecular flexibility index (Phi) is 2.63. The fourth-order valence-electron chi connectivity index (χ4n) is 0.970. The Bertz CT molecular complexity index is 181. The van der Waals surface area contributed by atoms with Crippen LogP contribution in [0.5, 0.6) is 0 Å². The molecule has 1 aliphatic rings. The zero-order chi connectivity index (χ0) is 9.30. The molecule has 0 aliphatic carbocycles. The Morgan fingerprint density at radius 2 is 1.92 bits per heavy atom. The number of hydrogen-bond acceptors (Lipinski definition) is 6. The number of aliphatic hydroxyl groups is 3. The molecule has 1 saturated heterocycles. The van der Waals surface area contributed by atoms with Gasteiger partial charge in [-0.1, -0.05) is 0 Å². The molecular weight excluding hydrogens is 168 g/mol. The van der Waals surface area contributed by atoms with Gasteiger partial charge in [-0.2, -0.15) is 0 Å². The van der Waals surface area contributed by atoms with Crippen molar-refractivity contribution < 1.29 is 29.6 Å². The summed E-state index contributed by atoms with van der Waals surface area (Å²) >= 11 is 0. The highest BCUT2D eigenvalue weighted by Crippen LogP contribution is 2.20. The van der Waals surface area contributed by atoms with Gasteiger partial charge in [0.2, 0.25) is 0 Å². The van der Waals surface area contributed by atoms with Crippen molar-refractivity contribution in [3.63, 3.8) is 0 Å². The minimum Gasteiger partial charge on any atom is -0.467 e. The van der Waals surface area contributed by atoms with Crippen molar-refractivity contribution in [1.82, 2.24) is 0 Å². The lowest BCUT2D eigenvalue weighted by Crippen LogP contribution is -2.36. The van der Waals surface area contributed by atoms with E-state index in [0.717, 1.165) is 7.11 Å². The van der Waals surface area contributed by atoms with Crippen molar-refractivity contribution in [3.8, 4) is 0 Å². The number of carbonyl (C=O) groups is 1. The summed E-state index contributed by atoms with van der Waals surface area (Å²) in [4.78, 5) is 10.8. The van der Waals surface area contributed by atoms with E-state index in [9.17, 15) is 4.79 Å². The minimum atomic E-state index is -1.54. The minimum absolute atomic E-state index is 0.821. The largest absolute Gasteiger partial charge is 0.467 e. The molecule has 4 atom stereocenters. The summed E-state index contributed by atoms with van der Waals surface area (Å²) in [6.45, 7) is 0. The van der Waals surface area contributed by atoms with E-state index in [1.165, 1.54) is 0 Å². The molecule has 0 unspecified atom stereocenters. The van der Waals surface area contributed by atoms with Crippen LogP contribution >= 0.6 is 0 Å². The number of ether oxygens (including phenoxy) is 2. The first kappa shape index (κ1) is 9.40. The van der Waals surface area contributed by atoms with Gasteiger partial charge >= 0.3 is 5.97 Å². The normalized spacial score (nSPS) is 41.3. The second-order valence-electron chi connectivity index (χ2n) is 2.45. The van der Waals surface area contributed by atoms with Crippen molar-refractivity contribution in [2.24, 2.45) is 0 Å². The highest BCUT2D eigenvalue weighted by molar-refractivity contribution is 5.75. The monoisotopic (exact) mass is 178 g/mol. The summed E-state index contributed by atoms with van der Waals surface area (Å²) in [5, 5.41) is 26.9. The Labute approximate surface area is 68.3 Å². The lowest BCUT2D eigenvalue weighted by molar-refractivity contribution is -0.168. The predicted molar refractivity (Wildman–Crippen MR) is 34.9 cm³/mol. The summed E-state index contributed by atoms with van der Waals surface area (Å²) in [6, 6.07) is 0. The topological polar surface area (TPSA) is 96.2 Å². The van der Waals surface area contributed by atoms with E-state index in [1.54, 1.807) is 0 Å². The molecule has 0 aromatic heterocycles. The summed E-state index contributed by atoms with van der Waals surface area (Å²) in [5.74, 6) is -0.821. The zero-order valence-electron chi connectivity index (χ0n) is 6.38. The quantitative estimate of drug-likeness (QED) is 0.387. The van der Waals surface area contributed by atoms with Gasteiger partial charge in [0.15, 0.2) is 12.4 Å². The SMILES string of the molecule is COC(=O)[C@H]1O[C@@H](O)[C@H](O)[C@@H]1O. The van der Waals surface area contributed by atoms with Gasteiger partial charge in [-0.15, -0.1) is 0 Å². The third-order valence-corrected chi connectivity index (χ3v) is 1.67. The molecule has 1 rings (SSSR count). The van der Waals surface area contributed by atoms with Crippen LogP contribution in [-0.4, -0.2) is 53.0 Å². The maximum absolute atomic E-state index is 10.8. The molecule has 0 radical (unpaired) electrons. The molecule has 12 heavy (non-hydrogen) atoms. The van der Waals surface area contributed by atoms with Gasteiger partial charge in [0.1, 0.15) is 12.2 Å². The average Bonchev–Trinajstić information content (AvgIpc) is 2.32. The molecule has 1 fully saturated rings. The van der Waals surface area contributed by atoms with Gasteiger partial charge in [-0.3, -0.25) is 0 Å². The van der Waals surface area contributed by atoms with E-state index in [4.69, 9.17) is 15.3 Å². The van der Waals surface area contributed by atoms with Crippen LogP contribution in [0.15, 0.2) is 0 Å². The van der Waals surface area contributed by atoms with E-state index in [1.807, 2.05) is 0 Å². The van der Waals surface area contributed by atoms with Crippen LogP contribution in [0.3, 0.4) is 0 Å². The van der Waals surface area contributed by atoms with Gasteiger partial charge in [-0.25, -0.2) is 4.79 Å². The predicted octanol–water partition coefficient (Wildman–Crippen LogP) is -2.40. The number of hydrogen-bond donors (Lipinski definition) is 3. The standard InChI is InChI=1S/C6H10O6/c1-11-6(10)4-2(7)3(8)5(9)12-4/h2-5,7-9H,1H3/t2-,3+,4-,5+/m0/s1. The number of aliphatic hydroxyl groups excluding tert-OH is 3. The average molecular weight is 178 g/mol. The van der Waals surface area contributed by atoms with Crippen LogP contribution in [0, 0.1) is 0 Å². The van der Waals surface area contributed by atoms with Gasteiger partial charge in [0.05, 0.1) is 7.11 Å². The van der Waals surface area contributed by atoms with Crippen LogP contribution < -0.4 is 0 Å². The van der Waals surface area contributed by atoms with Crippen LogP contribution in [0.25, 0.3) is 0 Å². The molecule has 0 spiro atoms. The van der Waals surface area contributed by atoms with E-state index < -0.39 is 30.6 Å². The smallest absolute Gasteiger partial charge is 0.337 e. The molecular formula is C6H10O6. The first-order chi connectivity index (χ1) is 5.57. The molecule has 0 aromatic rings. The molecule has 0 amide bonds. The summed E-state index contributed by atoms with van der Waals surface area (Å²) in [5.41, 5.74) is 0. The first-order valence-corrected chi connectivity index (χ1v) is 3.35. The zero-order valence-corrected chi connectivity index (χ0v) is 6.38. The lowest BCUT2D eigenvalue weighted by Gasteiger charge is -2.10. The summed E-state index contributed by atoms with van der Waals surface area (Å²) < 4.78 is 8.77. The van der Waals surface area contributed by atoms with Crippen molar-refractivity contribution >= 4 is 5.97 Å². The van der Waals surface area contributed by atoms with Crippen molar-refractivity contribution in [2.45, 2.75) is 24.6 Å². The molecule has 6 nitrogen and oxygen atoms in total. The second-order valence-corrected chi connectivity index (χ2v) is 2.45. The van der Waals surface area contributed by atoms with E-state index in [0.29, 0.717) is 0 Å². The molecule has 1 heterocycles. The first-order valence-electron chi connectivity index (χ1n) is 3.35. The van der Waals surface area contributed by atoms with E-state index >= 15 is 0 Å².